The van der Waals surface area contributed by atoms with Crippen molar-refractivity contribution >= 4 is 20.8 Å². The lowest BCUT2D eigenvalue weighted by molar-refractivity contribution is 0.553. The number of benzene rings is 1. The molecule has 0 spiro atoms. The van der Waals surface area contributed by atoms with E-state index in [1.165, 1.54) is 0 Å². The Morgan fingerprint density at radius 2 is 1.76 bits per heavy atom. The van der Waals surface area contributed by atoms with Crippen LogP contribution in [0.2, 0.25) is 0 Å². The van der Waals surface area contributed by atoms with Gasteiger partial charge in [0.2, 0.25) is 0 Å². The highest BCUT2D eigenvalue weighted by molar-refractivity contribution is 7.91. The van der Waals surface area contributed by atoms with Gasteiger partial charge in [0.25, 0.3) is 0 Å². The maximum Gasteiger partial charge on any atom is 0.179 e. The minimum absolute atomic E-state index is 0.0350. The van der Waals surface area contributed by atoms with Crippen LogP contribution in [0.5, 0.6) is 0 Å². The van der Waals surface area contributed by atoms with Crippen LogP contribution in [0.3, 0.4) is 0 Å². The first-order chi connectivity index (χ1) is 9.66. The van der Waals surface area contributed by atoms with Gasteiger partial charge in [-0.25, -0.2) is 17.3 Å². The van der Waals surface area contributed by atoms with E-state index >= 15 is 0 Å². The number of hydrogen-bond donors (Lipinski definition) is 1. The minimum atomic E-state index is -3.37. The SMILES string of the molecule is CCC[C@H](CS(=O)(=O)c1ccccc1)N[S@@](=O)C(C)(C)C. The van der Waals surface area contributed by atoms with Crippen LogP contribution in [0.4, 0.5) is 0 Å². The van der Waals surface area contributed by atoms with Gasteiger partial charge in [0.05, 0.1) is 26.4 Å². The first-order valence-electron chi connectivity index (χ1n) is 7.12. The minimum Gasteiger partial charge on any atom is -0.242 e. The summed E-state index contributed by atoms with van der Waals surface area (Å²) in [6, 6.07) is 8.10. The summed E-state index contributed by atoms with van der Waals surface area (Å²) in [6.45, 7) is 7.59. The van der Waals surface area contributed by atoms with Crippen molar-refractivity contribution in [3.05, 3.63) is 30.3 Å². The normalized spacial score (nSPS) is 15.6. The predicted octanol–water partition coefficient (Wildman–Crippen LogP) is 2.68. The average Bonchev–Trinajstić information content (AvgIpc) is 2.38. The van der Waals surface area contributed by atoms with Gasteiger partial charge in [-0.2, -0.15) is 0 Å². The zero-order valence-corrected chi connectivity index (χ0v) is 14.8. The molecule has 0 aliphatic carbocycles. The highest BCUT2D eigenvalue weighted by Crippen LogP contribution is 2.15. The average molecular weight is 332 g/mol. The van der Waals surface area contributed by atoms with Gasteiger partial charge >= 0.3 is 0 Å². The molecule has 0 aliphatic heterocycles. The molecule has 1 rings (SSSR count). The second kappa shape index (κ2) is 7.51. The molecule has 0 radical (unpaired) electrons. The van der Waals surface area contributed by atoms with E-state index in [2.05, 4.69) is 4.72 Å². The molecule has 0 aromatic heterocycles. The van der Waals surface area contributed by atoms with E-state index in [0.29, 0.717) is 11.3 Å². The molecule has 2 atom stereocenters. The van der Waals surface area contributed by atoms with Crippen LogP contribution in [0.25, 0.3) is 0 Å². The molecule has 0 amide bonds. The quantitative estimate of drug-likeness (QED) is 0.835. The summed E-state index contributed by atoms with van der Waals surface area (Å²) in [5.41, 5.74) is 0. The maximum atomic E-state index is 12.4. The third-order valence-electron chi connectivity index (χ3n) is 2.99. The van der Waals surface area contributed by atoms with Crippen molar-refractivity contribution in [2.45, 2.75) is 56.2 Å². The lowest BCUT2D eigenvalue weighted by atomic mass is 10.2. The first-order valence-corrected chi connectivity index (χ1v) is 9.93. The number of nitrogens with one attached hydrogen (secondary N) is 1. The molecule has 120 valence electrons. The molecule has 0 heterocycles. The molecule has 0 saturated heterocycles. The standard InChI is InChI=1S/C15H25NO3S2/c1-5-9-13(16-20(17)15(2,3)4)12-21(18,19)14-10-7-6-8-11-14/h6-8,10-11,13,16H,5,9,12H2,1-4H3/t13-,20+/m1/s1. The zero-order chi connectivity index (χ0) is 16.1. The topological polar surface area (TPSA) is 63.2 Å². The molecule has 1 N–H and O–H groups in total. The van der Waals surface area contributed by atoms with Crippen LogP contribution in [-0.2, 0) is 20.8 Å². The summed E-state index contributed by atoms with van der Waals surface area (Å²) < 4.78 is 39.6. The summed E-state index contributed by atoms with van der Waals surface area (Å²) in [5.74, 6) is -0.0350. The van der Waals surface area contributed by atoms with Gasteiger partial charge in [0.15, 0.2) is 9.84 Å². The van der Waals surface area contributed by atoms with Gasteiger partial charge in [0.1, 0.15) is 0 Å². The summed E-state index contributed by atoms with van der Waals surface area (Å²) in [6.07, 6.45) is 1.51. The predicted molar refractivity (Wildman–Crippen MR) is 88.2 cm³/mol. The number of sulfone groups is 1. The van der Waals surface area contributed by atoms with Crippen molar-refractivity contribution in [1.82, 2.24) is 4.72 Å². The molecule has 0 fully saturated rings. The fourth-order valence-electron chi connectivity index (χ4n) is 1.84. The molecule has 1 aromatic rings. The molecule has 4 nitrogen and oxygen atoms in total. The lowest BCUT2D eigenvalue weighted by Gasteiger charge is -2.24. The molecule has 0 aliphatic rings. The largest absolute Gasteiger partial charge is 0.242 e. The van der Waals surface area contributed by atoms with E-state index in [9.17, 15) is 12.6 Å². The Bertz CT molecular complexity index is 562. The van der Waals surface area contributed by atoms with Crippen LogP contribution >= 0.6 is 0 Å². The summed E-state index contributed by atoms with van der Waals surface area (Å²) in [7, 11) is -4.64. The Hall–Kier alpha value is -0.720. The zero-order valence-electron chi connectivity index (χ0n) is 13.1. The Morgan fingerprint density at radius 3 is 2.24 bits per heavy atom. The second-order valence-corrected chi connectivity index (χ2v) is 10.1. The van der Waals surface area contributed by atoms with Gasteiger partial charge in [-0.1, -0.05) is 31.5 Å². The molecular formula is C15H25NO3S2. The highest BCUT2D eigenvalue weighted by atomic mass is 32.2. The molecule has 0 unspecified atom stereocenters. The van der Waals surface area contributed by atoms with Gasteiger partial charge in [-0.3, -0.25) is 0 Å². The first kappa shape index (κ1) is 18.3. The second-order valence-electron chi connectivity index (χ2n) is 6.08. The maximum absolute atomic E-state index is 12.4. The smallest absolute Gasteiger partial charge is 0.179 e. The van der Waals surface area contributed by atoms with Crippen LogP contribution < -0.4 is 4.72 Å². The summed E-state index contributed by atoms with van der Waals surface area (Å²) in [5, 5.41) is 0. The van der Waals surface area contributed by atoms with E-state index in [1.54, 1.807) is 30.3 Å². The Labute approximate surface area is 130 Å². The fourth-order valence-corrected chi connectivity index (χ4v) is 4.35. The van der Waals surface area contributed by atoms with Gasteiger partial charge in [-0.15, -0.1) is 0 Å². The van der Waals surface area contributed by atoms with Crippen molar-refractivity contribution < 1.29 is 12.6 Å². The summed E-state index contributed by atoms with van der Waals surface area (Å²) >= 11 is 0. The third kappa shape index (κ3) is 5.88. The Morgan fingerprint density at radius 1 is 1.19 bits per heavy atom. The van der Waals surface area contributed by atoms with Gasteiger partial charge < -0.3 is 0 Å². The monoisotopic (exact) mass is 331 g/mol. The highest BCUT2D eigenvalue weighted by Gasteiger charge is 2.26. The van der Waals surface area contributed by atoms with Crippen LogP contribution in [0.15, 0.2) is 35.2 Å². The van der Waals surface area contributed by atoms with E-state index in [-0.39, 0.29) is 11.8 Å². The molecule has 21 heavy (non-hydrogen) atoms. The van der Waals surface area contributed by atoms with Crippen molar-refractivity contribution in [1.29, 1.82) is 0 Å². The van der Waals surface area contributed by atoms with Gasteiger partial charge in [-0.05, 0) is 39.3 Å². The third-order valence-corrected chi connectivity index (χ3v) is 6.48. The summed E-state index contributed by atoms with van der Waals surface area (Å²) in [4.78, 5) is 0.314. The number of rotatable bonds is 7. The Balaban J connectivity index is 2.86. The van der Waals surface area contributed by atoms with Crippen molar-refractivity contribution in [3.63, 3.8) is 0 Å². The van der Waals surface area contributed by atoms with E-state index in [0.717, 1.165) is 6.42 Å². The van der Waals surface area contributed by atoms with E-state index in [1.807, 2.05) is 27.7 Å². The Kier molecular flexibility index (Phi) is 6.56. The van der Waals surface area contributed by atoms with Crippen molar-refractivity contribution in [3.8, 4) is 0 Å². The van der Waals surface area contributed by atoms with Crippen LogP contribution in [-0.4, -0.2) is 29.2 Å². The van der Waals surface area contributed by atoms with Crippen molar-refractivity contribution in [2.75, 3.05) is 5.75 Å². The van der Waals surface area contributed by atoms with E-state index in [4.69, 9.17) is 0 Å². The van der Waals surface area contributed by atoms with Crippen LogP contribution in [0, 0.1) is 0 Å². The molecule has 0 saturated carbocycles. The van der Waals surface area contributed by atoms with Gasteiger partial charge in [0, 0.05) is 6.04 Å². The molecular weight excluding hydrogens is 306 g/mol. The van der Waals surface area contributed by atoms with Crippen molar-refractivity contribution in [2.24, 2.45) is 0 Å². The lowest BCUT2D eigenvalue weighted by Crippen LogP contribution is -2.43. The fraction of sp³-hybridized carbons (Fsp3) is 0.600. The van der Waals surface area contributed by atoms with E-state index < -0.39 is 25.6 Å². The number of hydrogen-bond acceptors (Lipinski definition) is 3. The van der Waals surface area contributed by atoms with Crippen LogP contribution in [0.1, 0.15) is 40.5 Å². The molecule has 6 heteroatoms. The molecule has 0 bridgehead atoms. The molecule has 1 aromatic carbocycles.